The van der Waals surface area contributed by atoms with Gasteiger partial charge in [0.15, 0.2) is 0 Å². The van der Waals surface area contributed by atoms with Crippen molar-refractivity contribution in [3.63, 3.8) is 0 Å². The van der Waals surface area contributed by atoms with E-state index in [-0.39, 0.29) is 6.04 Å². The van der Waals surface area contributed by atoms with Gasteiger partial charge < -0.3 is 0 Å². The van der Waals surface area contributed by atoms with E-state index in [0.29, 0.717) is 13.0 Å². The first-order chi connectivity index (χ1) is 6.81. The maximum absolute atomic E-state index is 10.6. The monoisotopic (exact) mass is 193 g/mol. The Balaban J connectivity index is 2.25. The zero-order valence-corrected chi connectivity index (χ0v) is 7.88. The molecule has 0 N–H and O–H groups in total. The fourth-order valence-electron chi connectivity index (χ4n) is 1.51. The van der Waals surface area contributed by atoms with Crippen molar-refractivity contribution < 1.29 is 9.63 Å². The Bertz CT molecular complexity index is 343. The van der Waals surface area contributed by atoms with Gasteiger partial charge >= 0.3 is 0 Å². The number of aryl methyl sites for hydroxylation is 1. The summed E-state index contributed by atoms with van der Waals surface area (Å²) in [5, 5.41) is 1.30. The van der Waals surface area contributed by atoms with Crippen LogP contribution < -0.4 is 0 Å². The quantitative estimate of drug-likeness (QED) is 0.646. The van der Waals surface area contributed by atoms with Crippen LogP contribution in [0.25, 0.3) is 0 Å². The summed E-state index contributed by atoms with van der Waals surface area (Å²) in [6, 6.07) is -0.0834. The number of amides is 1. The molecule has 2 rings (SSSR count). The SMILES string of the molecule is Cc1cncc([C@@H]2CCON2C=O)n1. The zero-order valence-electron chi connectivity index (χ0n) is 7.88. The summed E-state index contributed by atoms with van der Waals surface area (Å²) in [5.41, 5.74) is 1.63. The lowest BCUT2D eigenvalue weighted by Crippen LogP contribution is -2.20. The van der Waals surface area contributed by atoms with Crippen molar-refractivity contribution in [3.8, 4) is 0 Å². The summed E-state index contributed by atoms with van der Waals surface area (Å²) in [5.74, 6) is 0. The fourth-order valence-corrected chi connectivity index (χ4v) is 1.51. The third-order valence-electron chi connectivity index (χ3n) is 2.16. The molecule has 1 amide bonds. The third kappa shape index (κ3) is 1.58. The van der Waals surface area contributed by atoms with Crippen LogP contribution in [-0.4, -0.2) is 28.0 Å². The second-order valence-corrected chi connectivity index (χ2v) is 3.19. The van der Waals surface area contributed by atoms with E-state index in [1.54, 1.807) is 12.4 Å². The summed E-state index contributed by atoms with van der Waals surface area (Å²) in [7, 11) is 0. The van der Waals surface area contributed by atoms with Crippen molar-refractivity contribution >= 4 is 6.41 Å². The summed E-state index contributed by atoms with van der Waals surface area (Å²) < 4.78 is 0. The van der Waals surface area contributed by atoms with Crippen LogP contribution in [0.15, 0.2) is 12.4 Å². The standard InChI is InChI=1S/C9H11N3O2/c1-7-4-10-5-8(11-7)9-2-3-14-12(9)6-13/h4-6,9H,2-3H2,1H3/t9-/m0/s1. The minimum atomic E-state index is -0.0834. The number of aromatic nitrogens is 2. The molecule has 1 aromatic rings. The zero-order chi connectivity index (χ0) is 9.97. The highest BCUT2D eigenvalue weighted by Gasteiger charge is 2.27. The molecule has 0 saturated carbocycles. The van der Waals surface area contributed by atoms with Crippen LogP contribution in [0, 0.1) is 6.92 Å². The molecule has 74 valence electrons. The largest absolute Gasteiger partial charge is 0.276 e. The molecule has 1 atom stereocenters. The average Bonchev–Trinajstić information content (AvgIpc) is 2.65. The van der Waals surface area contributed by atoms with E-state index in [2.05, 4.69) is 9.97 Å². The predicted molar refractivity (Wildman–Crippen MR) is 48.0 cm³/mol. The molecule has 1 fully saturated rings. The van der Waals surface area contributed by atoms with Gasteiger partial charge in [0, 0.05) is 12.6 Å². The van der Waals surface area contributed by atoms with Crippen molar-refractivity contribution in [2.24, 2.45) is 0 Å². The van der Waals surface area contributed by atoms with Gasteiger partial charge in [0.2, 0.25) is 6.41 Å². The Morgan fingerprint density at radius 2 is 2.50 bits per heavy atom. The van der Waals surface area contributed by atoms with Crippen molar-refractivity contribution in [1.29, 1.82) is 0 Å². The van der Waals surface area contributed by atoms with Gasteiger partial charge in [0.1, 0.15) is 6.04 Å². The van der Waals surface area contributed by atoms with Gasteiger partial charge in [-0.3, -0.25) is 19.6 Å². The third-order valence-corrected chi connectivity index (χ3v) is 2.16. The molecule has 0 aliphatic carbocycles. The van der Waals surface area contributed by atoms with E-state index in [1.165, 1.54) is 5.06 Å². The van der Waals surface area contributed by atoms with E-state index in [1.807, 2.05) is 6.92 Å². The van der Waals surface area contributed by atoms with Crippen LogP contribution in [0.5, 0.6) is 0 Å². The highest BCUT2D eigenvalue weighted by molar-refractivity contribution is 5.46. The van der Waals surface area contributed by atoms with Crippen LogP contribution in [-0.2, 0) is 9.63 Å². The Labute approximate surface area is 81.7 Å². The van der Waals surface area contributed by atoms with Crippen molar-refractivity contribution in [2.75, 3.05) is 6.61 Å². The highest BCUT2D eigenvalue weighted by atomic mass is 16.7. The number of hydroxylamine groups is 2. The lowest BCUT2D eigenvalue weighted by Gasteiger charge is -2.16. The first kappa shape index (κ1) is 9.08. The summed E-state index contributed by atoms with van der Waals surface area (Å²) in [6.45, 7) is 2.43. The minimum Gasteiger partial charge on any atom is -0.276 e. The molecule has 1 aliphatic heterocycles. The maximum Gasteiger partial charge on any atom is 0.233 e. The molecule has 14 heavy (non-hydrogen) atoms. The highest BCUT2D eigenvalue weighted by Crippen LogP contribution is 2.26. The van der Waals surface area contributed by atoms with Crippen molar-refractivity contribution in [3.05, 3.63) is 23.8 Å². The van der Waals surface area contributed by atoms with E-state index < -0.39 is 0 Å². The lowest BCUT2D eigenvalue weighted by atomic mass is 10.1. The molecule has 5 heteroatoms. The van der Waals surface area contributed by atoms with Crippen molar-refractivity contribution in [1.82, 2.24) is 15.0 Å². The average molecular weight is 193 g/mol. The van der Waals surface area contributed by atoms with E-state index in [9.17, 15) is 4.79 Å². The summed E-state index contributed by atoms with van der Waals surface area (Å²) >= 11 is 0. The van der Waals surface area contributed by atoms with Crippen LogP contribution in [0.4, 0.5) is 0 Å². The molecule has 5 nitrogen and oxygen atoms in total. The molecule has 0 radical (unpaired) electrons. The molecule has 1 aliphatic rings. The molecule has 0 unspecified atom stereocenters. The molecule has 1 saturated heterocycles. The van der Waals surface area contributed by atoms with Crippen LogP contribution in [0.1, 0.15) is 23.9 Å². The van der Waals surface area contributed by atoms with Gasteiger partial charge in [-0.15, -0.1) is 0 Å². The molecule has 0 spiro atoms. The van der Waals surface area contributed by atoms with Gasteiger partial charge in [0.25, 0.3) is 0 Å². The number of hydrogen-bond donors (Lipinski definition) is 0. The molecule has 0 aromatic carbocycles. The smallest absolute Gasteiger partial charge is 0.233 e. The van der Waals surface area contributed by atoms with Crippen LogP contribution >= 0.6 is 0 Å². The molecular formula is C9H11N3O2. The first-order valence-electron chi connectivity index (χ1n) is 4.46. The number of rotatable bonds is 2. The second-order valence-electron chi connectivity index (χ2n) is 3.19. The summed E-state index contributed by atoms with van der Waals surface area (Å²) in [4.78, 5) is 24.1. The summed E-state index contributed by atoms with van der Waals surface area (Å²) in [6.07, 6.45) is 4.81. The number of nitrogens with zero attached hydrogens (tertiary/aromatic N) is 3. The number of carbonyl (C=O) groups is 1. The van der Waals surface area contributed by atoms with Gasteiger partial charge in [0.05, 0.1) is 24.2 Å². The van der Waals surface area contributed by atoms with Gasteiger partial charge in [-0.05, 0) is 6.92 Å². The van der Waals surface area contributed by atoms with Gasteiger partial charge in [-0.1, -0.05) is 0 Å². The topological polar surface area (TPSA) is 55.3 Å². The Hall–Kier alpha value is -1.49. The van der Waals surface area contributed by atoms with Crippen LogP contribution in [0.2, 0.25) is 0 Å². The Kier molecular flexibility index (Phi) is 2.41. The lowest BCUT2D eigenvalue weighted by molar-refractivity contribution is -0.161. The number of carbonyl (C=O) groups excluding carboxylic acids is 1. The van der Waals surface area contributed by atoms with Gasteiger partial charge in [-0.2, -0.15) is 0 Å². The molecule has 1 aromatic heterocycles. The molecule has 0 bridgehead atoms. The van der Waals surface area contributed by atoms with Gasteiger partial charge in [-0.25, -0.2) is 5.06 Å². The van der Waals surface area contributed by atoms with E-state index >= 15 is 0 Å². The Morgan fingerprint density at radius 3 is 3.21 bits per heavy atom. The molecule has 2 heterocycles. The van der Waals surface area contributed by atoms with E-state index in [0.717, 1.165) is 17.8 Å². The van der Waals surface area contributed by atoms with E-state index in [4.69, 9.17) is 4.84 Å². The molecular weight excluding hydrogens is 182 g/mol. The normalized spacial score (nSPS) is 21.2. The predicted octanol–water partition coefficient (Wildman–Crippen LogP) is 0.620. The number of hydrogen-bond acceptors (Lipinski definition) is 4. The first-order valence-corrected chi connectivity index (χ1v) is 4.46. The van der Waals surface area contributed by atoms with Crippen molar-refractivity contribution in [2.45, 2.75) is 19.4 Å². The fraction of sp³-hybridized carbons (Fsp3) is 0.444. The minimum absolute atomic E-state index is 0.0834. The second kappa shape index (κ2) is 3.71. The van der Waals surface area contributed by atoms with Crippen LogP contribution in [0.3, 0.4) is 0 Å². The maximum atomic E-state index is 10.6. The Morgan fingerprint density at radius 1 is 1.64 bits per heavy atom.